The lowest BCUT2D eigenvalue weighted by molar-refractivity contribution is -0.115. The van der Waals surface area contributed by atoms with Crippen LogP contribution in [0.3, 0.4) is 0 Å². The minimum Gasteiger partial charge on any atom is -0.469 e. The first-order valence-electron chi connectivity index (χ1n) is 8.56. The summed E-state index contributed by atoms with van der Waals surface area (Å²) in [6.45, 7) is 3.66. The summed E-state index contributed by atoms with van der Waals surface area (Å²) in [4.78, 5) is 29.3. The summed E-state index contributed by atoms with van der Waals surface area (Å²) >= 11 is 1.31. The molecule has 1 amide bonds. The Morgan fingerprint density at radius 3 is 2.79 bits per heavy atom. The molecule has 0 bridgehead atoms. The third-order valence-electron chi connectivity index (χ3n) is 4.37. The van der Waals surface area contributed by atoms with E-state index in [2.05, 4.69) is 25.5 Å². The number of amides is 1. The van der Waals surface area contributed by atoms with Crippen LogP contribution >= 0.6 is 11.8 Å². The lowest BCUT2D eigenvalue weighted by atomic mass is 10.2. The topological polar surface area (TPSA) is 122 Å². The van der Waals surface area contributed by atoms with E-state index < -0.39 is 5.25 Å². The van der Waals surface area contributed by atoms with E-state index in [9.17, 15) is 9.59 Å². The number of thioether (sulfide) groups is 1. The Labute approximate surface area is 163 Å². The summed E-state index contributed by atoms with van der Waals surface area (Å²) in [7, 11) is 1.85. The lowest BCUT2D eigenvalue weighted by Gasteiger charge is -2.11. The zero-order valence-corrected chi connectivity index (χ0v) is 16.3. The van der Waals surface area contributed by atoms with Gasteiger partial charge in [0.1, 0.15) is 5.76 Å². The van der Waals surface area contributed by atoms with Crippen molar-refractivity contribution >= 4 is 34.4 Å². The van der Waals surface area contributed by atoms with Crippen molar-refractivity contribution in [3.8, 4) is 11.4 Å². The molecule has 4 rings (SSSR count). The summed E-state index contributed by atoms with van der Waals surface area (Å²) in [5.74, 6) is 1.27. The first-order valence-corrected chi connectivity index (χ1v) is 9.44. The molecule has 0 aliphatic carbocycles. The standard InChI is InChI=1S/C18H18N6O3S/c1-9-12(6-7-27-9)15-22-23-18(24(15)3)28-10(2)16(25)19-11-4-5-13-14(8-11)21-17(26)20-13/h4-8,10H,1-3H3,(H,19,25)(H2,20,21,26)/t10-/m0/s1. The molecular weight excluding hydrogens is 380 g/mol. The fraction of sp³-hybridized carbons (Fsp3) is 0.222. The monoisotopic (exact) mass is 398 g/mol. The second kappa shape index (κ2) is 7.04. The van der Waals surface area contributed by atoms with Crippen molar-refractivity contribution in [2.24, 2.45) is 7.05 Å². The third kappa shape index (κ3) is 3.33. The molecule has 0 aliphatic rings. The molecule has 0 aliphatic heterocycles. The van der Waals surface area contributed by atoms with E-state index in [1.807, 2.05) is 24.6 Å². The molecule has 0 saturated carbocycles. The van der Waals surface area contributed by atoms with E-state index in [1.54, 1.807) is 31.4 Å². The number of nitrogens with one attached hydrogen (secondary N) is 3. The van der Waals surface area contributed by atoms with Crippen molar-refractivity contribution in [3.05, 3.63) is 46.8 Å². The molecule has 3 N–H and O–H groups in total. The normalized spacial score (nSPS) is 12.4. The molecule has 0 spiro atoms. The summed E-state index contributed by atoms with van der Waals surface area (Å²) in [5.41, 5.74) is 2.51. The van der Waals surface area contributed by atoms with Gasteiger partial charge < -0.3 is 24.3 Å². The lowest BCUT2D eigenvalue weighted by Crippen LogP contribution is -2.22. The molecule has 1 aromatic carbocycles. The van der Waals surface area contributed by atoms with Crippen molar-refractivity contribution < 1.29 is 9.21 Å². The van der Waals surface area contributed by atoms with Crippen LogP contribution in [0.2, 0.25) is 0 Å². The number of nitrogens with zero attached hydrogens (tertiary/aromatic N) is 3. The van der Waals surface area contributed by atoms with Gasteiger partial charge in [-0.15, -0.1) is 10.2 Å². The van der Waals surface area contributed by atoms with Crippen molar-refractivity contribution in [2.45, 2.75) is 24.3 Å². The molecule has 1 atom stereocenters. The number of H-pyrrole nitrogens is 2. The van der Waals surface area contributed by atoms with E-state index in [0.717, 1.165) is 11.3 Å². The van der Waals surface area contributed by atoms with Gasteiger partial charge in [-0.25, -0.2) is 4.79 Å². The average Bonchev–Trinajstić information content (AvgIpc) is 3.33. The Morgan fingerprint density at radius 2 is 2.04 bits per heavy atom. The first kappa shape index (κ1) is 18.1. The quantitative estimate of drug-likeness (QED) is 0.444. The number of carbonyl (C=O) groups excluding carboxylic acids is 1. The smallest absolute Gasteiger partial charge is 0.323 e. The molecule has 4 aromatic rings. The summed E-state index contributed by atoms with van der Waals surface area (Å²) < 4.78 is 7.16. The van der Waals surface area contributed by atoms with Crippen LogP contribution in [0, 0.1) is 6.92 Å². The Bertz CT molecular complexity index is 1220. The van der Waals surface area contributed by atoms with E-state index in [0.29, 0.717) is 27.7 Å². The first-order chi connectivity index (χ1) is 13.4. The SMILES string of the molecule is Cc1occc1-c1nnc(S[C@@H](C)C(=O)Nc2ccc3[nH]c(=O)[nH]c3c2)n1C. The minimum absolute atomic E-state index is 0.175. The van der Waals surface area contributed by atoms with Gasteiger partial charge in [0.05, 0.1) is 28.1 Å². The second-order valence-electron chi connectivity index (χ2n) is 6.34. The molecule has 0 unspecified atom stereocenters. The number of hydrogen-bond acceptors (Lipinski definition) is 6. The highest BCUT2D eigenvalue weighted by molar-refractivity contribution is 8.00. The molecule has 28 heavy (non-hydrogen) atoms. The molecule has 0 radical (unpaired) electrons. The molecule has 3 heterocycles. The van der Waals surface area contributed by atoms with Gasteiger partial charge in [0.15, 0.2) is 11.0 Å². The highest BCUT2D eigenvalue weighted by Gasteiger charge is 2.20. The zero-order chi connectivity index (χ0) is 19.8. The maximum atomic E-state index is 12.6. The number of rotatable bonds is 5. The number of carbonyl (C=O) groups is 1. The third-order valence-corrected chi connectivity index (χ3v) is 5.50. The van der Waals surface area contributed by atoms with E-state index in [1.165, 1.54) is 11.8 Å². The van der Waals surface area contributed by atoms with Gasteiger partial charge in [-0.2, -0.15) is 0 Å². The van der Waals surface area contributed by atoms with Gasteiger partial charge in [-0.1, -0.05) is 11.8 Å². The molecule has 0 fully saturated rings. The minimum atomic E-state index is -0.401. The Kier molecular flexibility index (Phi) is 4.55. The molecule has 9 nitrogen and oxygen atoms in total. The Balaban J connectivity index is 1.47. The van der Waals surface area contributed by atoms with Gasteiger partial charge in [-0.05, 0) is 38.1 Å². The maximum Gasteiger partial charge on any atom is 0.323 e. The van der Waals surface area contributed by atoms with Crippen LogP contribution in [-0.4, -0.2) is 35.9 Å². The van der Waals surface area contributed by atoms with Crippen LogP contribution < -0.4 is 11.0 Å². The second-order valence-corrected chi connectivity index (χ2v) is 7.65. The molecule has 144 valence electrons. The van der Waals surface area contributed by atoms with Crippen LogP contribution in [-0.2, 0) is 11.8 Å². The Morgan fingerprint density at radius 1 is 1.25 bits per heavy atom. The number of aryl methyl sites for hydroxylation is 1. The van der Waals surface area contributed by atoms with Gasteiger partial charge in [0.2, 0.25) is 5.91 Å². The van der Waals surface area contributed by atoms with Crippen LogP contribution in [0.1, 0.15) is 12.7 Å². The van der Waals surface area contributed by atoms with Crippen molar-refractivity contribution in [1.82, 2.24) is 24.7 Å². The van der Waals surface area contributed by atoms with E-state index in [4.69, 9.17) is 4.42 Å². The largest absolute Gasteiger partial charge is 0.469 e. The van der Waals surface area contributed by atoms with Crippen molar-refractivity contribution in [1.29, 1.82) is 0 Å². The van der Waals surface area contributed by atoms with Gasteiger partial charge >= 0.3 is 5.69 Å². The predicted molar refractivity (Wildman–Crippen MR) is 106 cm³/mol. The maximum absolute atomic E-state index is 12.6. The molecular formula is C18H18N6O3S. The highest BCUT2D eigenvalue weighted by Crippen LogP contribution is 2.28. The summed E-state index contributed by atoms with van der Waals surface area (Å²) in [5, 5.41) is 11.5. The summed E-state index contributed by atoms with van der Waals surface area (Å²) in [6, 6.07) is 7.03. The predicted octanol–water partition coefficient (Wildman–Crippen LogP) is 2.67. The highest BCUT2D eigenvalue weighted by atomic mass is 32.2. The number of aromatic amines is 2. The number of furan rings is 1. The Hall–Kier alpha value is -3.27. The molecule has 0 saturated heterocycles. The van der Waals surface area contributed by atoms with Crippen molar-refractivity contribution in [3.63, 3.8) is 0 Å². The number of benzene rings is 1. The number of imidazole rings is 1. The van der Waals surface area contributed by atoms with Crippen molar-refractivity contribution in [2.75, 3.05) is 5.32 Å². The van der Waals surface area contributed by atoms with Crippen LogP contribution in [0.4, 0.5) is 5.69 Å². The number of aromatic nitrogens is 5. The molecule has 3 aromatic heterocycles. The van der Waals surface area contributed by atoms with Crippen LogP contribution in [0.15, 0.2) is 44.9 Å². The van der Waals surface area contributed by atoms with Gasteiger partial charge in [-0.3, -0.25) is 4.79 Å². The van der Waals surface area contributed by atoms with E-state index >= 15 is 0 Å². The van der Waals surface area contributed by atoms with Gasteiger partial charge in [0.25, 0.3) is 0 Å². The van der Waals surface area contributed by atoms with Crippen LogP contribution in [0.5, 0.6) is 0 Å². The molecule has 10 heteroatoms. The average molecular weight is 398 g/mol. The van der Waals surface area contributed by atoms with Crippen LogP contribution in [0.25, 0.3) is 22.4 Å². The fourth-order valence-electron chi connectivity index (χ4n) is 2.83. The number of hydrogen-bond donors (Lipinski definition) is 3. The number of anilines is 1. The van der Waals surface area contributed by atoms with E-state index in [-0.39, 0.29) is 11.6 Å². The fourth-order valence-corrected chi connectivity index (χ4v) is 3.65. The number of fused-ring (bicyclic) bond motifs is 1. The zero-order valence-electron chi connectivity index (χ0n) is 15.4. The summed E-state index contributed by atoms with van der Waals surface area (Å²) in [6.07, 6.45) is 1.61. The van der Waals surface area contributed by atoms with Gasteiger partial charge in [0, 0.05) is 12.7 Å².